The molecule has 3 nitrogen and oxygen atoms in total. The van der Waals surface area contributed by atoms with E-state index in [1.54, 1.807) is 18.2 Å². The summed E-state index contributed by atoms with van der Waals surface area (Å²) in [5.41, 5.74) is 9.08. The van der Waals surface area contributed by atoms with E-state index in [0.29, 0.717) is 5.69 Å². The van der Waals surface area contributed by atoms with E-state index < -0.39 is 6.61 Å². The molecule has 0 unspecified atom stereocenters. The van der Waals surface area contributed by atoms with Gasteiger partial charge < -0.3 is 15.8 Å². The van der Waals surface area contributed by atoms with Gasteiger partial charge >= 0.3 is 6.61 Å². The molecule has 0 aliphatic carbocycles. The van der Waals surface area contributed by atoms with Gasteiger partial charge in [0.1, 0.15) is 5.75 Å². The third-order valence-corrected chi connectivity index (χ3v) is 2.61. The second-order valence-electron chi connectivity index (χ2n) is 4.10. The van der Waals surface area contributed by atoms with E-state index in [1.807, 2.05) is 19.1 Å². The number of nitrogens with one attached hydrogen (secondary N) is 1. The molecule has 0 spiro atoms. The fourth-order valence-electron chi connectivity index (χ4n) is 1.70. The van der Waals surface area contributed by atoms with Crippen LogP contribution in [0.1, 0.15) is 5.56 Å². The molecule has 19 heavy (non-hydrogen) atoms. The maximum Gasteiger partial charge on any atom is 0.387 e. The topological polar surface area (TPSA) is 47.3 Å². The van der Waals surface area contributed by atoms with E-state index in [4.69, 9.17) is 5.73 Å². The number of hydrogen-bond acceptors (Lipinski definition) is 3. The van der Waals surface area contributed by atoms with E-state index in [1.165, 1.54) is 12.1 Å². The number of rotatable bonds is 4. The average Bonchev–Trinajstić information content (AvgIpc) is 2.34. The molecule has 0 radical (unpaired) electrons. The van der Waals surface area contributed by atoms with Gasteiger partial charge in [-0.15, -0.1) is 0 Å². The van der Waals surface area contributed by atoms with Crippen LogP contribution < -0.4 is 15.8 Å². The highest BCUT2D eigenvalue weighted by Crippen LogP contribution is 2.24. The van der Waals surface area contributed by atoms with Crippen LogP contribution in [-0.4, -0.2) is 6.61 Å². The van der Waals surface area contributed by atoms with Gasteiger partial charge in [0.05, 0.1) is 0 Å². The molecule has 0 saturated heterocycles. The van der Waals surface area contributed by atoms with Crippen LogP contribution in [0.3, 0.4) is 0 Å². The van der Waals surface area contributed by atoms with Crippen LogP contribution >= 0.6 is 0 Å². The Hall–Kier alpha value is -2.30. The molecule has 0 aromatic heterocycles. The van der Waals surface area contributed by atoms with Crippen molar-refractivity contribution in [3.8, 4) is 5.75 Å². The Morgan fingerprint density at radius 3 is 2.37 bits per heavy atom. The fraction of sp³-hybridized carbons (Fsp3) is 0.143. The van der Waals surface area contributed by atoms with Gasteiger partial charge in [-0.1, -0.05) is 0 Å². The minimum atomic E-state index is -2.81. The Balaban J connectivity index is 2.10. The predicted octanol–water partition coefficient (Wildman–Crippen LogP) is 3.92. The molecule has 0 amide bonds. The van der Waals surface area contributed by atoms with Crippen LogP contribution in [0.5, 0.6) is 5.75 Å². The average molecular weight is 264 g/mol. The van der Waals surface area contributed by atoms with E-state index in [9.17, 15) is 8.78 Å². The monoisotopic (exact) mass is 264 g/mol. The largest absolute Gasteiger partial charge is 0.435 e. The van der Waals surface area contributed by atoms with E-state index in [-0.39, 0.29) is 5.75 Å². The number of nitrogen functional groups attached to an aromatic ring is 1. The van der Waals surface area contributed by atoms with Crippen molar-refractivity contribution in [2.24, 2.45) is 0 Å². The summed E-state index contributed by atoms with van der Waals surface area (Å²) in [7, 11) is 0. The second-order valence-corrected chi connectivity index (χ2v) is 4.10. The lowest BCUT2D eigenvalue weighted by atomic mass is 10.1. The van der Waals surface area contributed by atoms with Crippen molar-refractivity contribution >= 4 is 17.1 Å². The molecular weight excluding hydrogens is 250 g/mol. The molecule has 0 bridgehead atoms. The number of hydrogen-bond donors (Lipinski definition) is 2. The van der Waals surface area contributed by atoms with Crippen LogP contribution in [-0.2, 0) is 0 Å². The van der Waals surface area contributed by atoms with Gasteiger partial charge in [0.25, 0.3) is 0 Å². The van der Waals surface area contributed by atoms with Gasteiger partial charge in [0.15, 0.2) is 0 Å². The highest BCUT2D eigenvalue weighted by atomic mass is 19.3. The van der Waals surface area contributed by atoms with Crippen LogP contribution in [0.15, 0.2) is 42.5 Å². The fourth-order valence-corrected chi connectivity index (χ4v) is 1.70. The Morgan fingerprint density at radius 2 is 1.79 bits per heavy atom. The zero-order valence-electron chi connectivity index (χ0n) is 10.4. The minimum Gasteiger partial charge on any atom is -0.435 e. The Morgan fingerprint density at radius 1 is 1.11 bits per heavy atom. The minimum absolute atomic E-state index is 0.134. The summed E-state index contributed by atoms with van der Waals surface area (Å²) in [6.07, 6.45) is 0. The van der Waals surface area contributed by atoms with E-state index >= 15 is 0 Å². The van der Waals surface area contributed by atoms with Gasteiger partial charge in [0, 0.05) is 17.1 Å². The summed E-state index contributed by atoms with van der Waals surface area (Å²) < 4.78 is 28.3. The molecular formula is C14H14F2N2O. The summed E-state index contributed by atoms with van der Waals surface area (Å²) in [6.45, 7) is -0.870. The number of halogens is 2. The molecule has 0 aliphatic heterocycles. The van der Waals surface area contributed by atoms with Gasteiger partial charge in [-0.3, -0.25) is 0 Å². The molecule has 0 saturated carbocycles. The molecule has 2 aromatic carbocycles. The first kappa shape index (κ1) is 13.1. The summed E-state index contributed by atoms with van der Waals surface area (Å²) >= 11 is 0. The molecule has 5 heteroatoms. The summed E-state index contributed by atoms with van der Waals surface area (Å²) in [5.74, 6) is 0.134. The molecule has 100 valence electrons. The van der Waals surface area contributed by atoms with Crippen LogP contribution in [0, 0.1) is 6.92 Å². The van der Waals surface area contributed by atoms with Gasteiger partial charge in [-0.05, 0) is 55.0 Å². The molecule has 2 aromatic rings. The lowest BCUT2D eigenvalue weighted by molar-refractivity contribution is -0.0498. The molecule has 3 N–H and O–H groups in total. The maximum absolute atomic E-state index is 12.0. The quantitative estimate of drug-likeness (QED) is 0.823. The van der Waals surface area contributed by atoms with E-state index in [0.717, 1.165) is 16.9 Å². The molecule has 2 rings (SSSR count). The SMILES string of the molecule is Cc1cc(N)ccc1Nc1ccc(OC(F)F)cc1. The molecule has 0 heterocycles. The third-order valence-electron chi connectivity index (χ3n) is 2.61. The van der Waals surface area contributed by atoms with Crippen molar-refractivity contribution in [2.75, 3.05) is 11.1 Å². The lowest BCUT2D eigenvalue weighted by Crippen LogP contribution is -2.01. The van der Waals surface area contributed by atoms with Crippen molar-refractivity contribution < 1.29 is 13.5 Å². The molecule has 0 fully saturated rings. The summed E-state index contributed by atoms with van der Waals surface area (Å²) in [6, 6.07) is 11.8. The molecule has 0 atom stereocenters. The number of aryl methyl sites for hydroxylation is 1. The first-order valence-corrected chi connectivity index (χ1v) is 5.72. The smallest absolute Gasteiger partial charge is 0.387 e. The second kappa shape index (κ2) is 5.56. The van der Waals surface area contributed by atoms with Crippen molar-refractivity contribution in [3.05, 3.63) is 48.0 Å². The standard InChI is InChI=1S/C14H14F2N2O/c1-9-8-10(17)2-7-13(9)18-11-3-5-12(6-4-11)19-14(15)16/h2-8,14,18H,17H2,1H3. The highest BCUT2D eigenvalue weighted by molar-refractivity contribution is 5.66. The zero-order chi connectivity index (χ0) is 13.8. The predicted molar refractivity (Wildman–Crippen MR) is 71.9 cm³/mol. The van der Waals surface area contributed by atoms with Crippen molar-refractivity contribution in [1.29, 1.82) is 0 Å². The Labute approximate surface area is 110 Å². The first-order valence-electron chi connectivity index (χ1n) is 5.72. The van der Waals surface area contributed by atoms with Crippen molar-refractivity contribution in [2.45, 2.75) is 13.5 Å². The normalized spacial score (nSPS) is 10.5. The van der Waals surface area contributed by atoms with E-state index in [2.05, 4.69) is 10.1 Å². The number of nitrogens with two attached hydrogens (primary N) is 1. The summed E-state index contributed by atoms with van der Waals surface area (Å²) in [4.78, 5) is 0. The number of benzene rings is 2. The molecule has 0 aliphatic rings. The Kier molecular flexibility index (Phi) is 3.85. The maximum atomic E-state index is 12.0. The number of alkyl halides is 2. The number of anilines is 3. The highest BCUT2D eigenvalue weighted by Gasteiger charge is 2.04. The van der Waals surface area contributed by atoms with Crippen molar-refractivity contribution in [3.63, 3.8) is 0 Å². The van der Waals surface area contributed by atoms with Gasteiger partial charge in [0.2, 0.25) is 0 Å². The van der Waals surface area contributed by atoms with Crippen LogP contribution in [0.2, 0.25) is 0 Å². The lowest BCUT2D eigenvalue weighted by Gasteiger charge is -2.11. The van der Waals surface area contributed by atoms with Crippen LogP contribution in [0.4, 0.5) is 25.8 Å². The number of ether oxygens (including phenoxy) is 1. The van der Waals surface area contributed by atoms with Gasteiger partial charge in [-0.2, -0.15) is 8.78 Å². The zero-order valence-corrected chi connectivity index (χ0v) is 10.4. The van der Waals surface area contributed by atoms with Crippen molar-refractivity contribution in [1.82, 2.24) is 0 Å². The summed E-state index contributed by atoms with van der Waals surface area (Å²) in [5, 5.41) is 3.18. The third kappa shape index (κ3) is 3.58. The van der Waals surface area contributed by atoms with Crippen LogP contribution in [0.25, 0.3) is 0 Å². The Bertz CT molecular complexity index is 556. The first-order chi connectivity index (χ1) is 9.04. The van der Waals surface area contributed by atoms with Gasteiger partial charge in [-0.25, -0.2) is 0 Å².